The van der Waals surface area contributed by atoms with Crippen LogP contribution in [0.15, 0.2) is 24.3 Å². The highest BCUT2D eigenvalue weighted by Gasteiger charge is 2.24. The molecule has 1 heterocycles. The fourth-order valence-electron chi connectivity index (χ4n) is 2.98. The van der Waals surface area contributed by atoms with Gasteiger partial charge < -0.3 is 10.2 Å². The number of hydrogen-bond acceptors (Lipinski definition) is 3. The van der Waals surface area contributed by atoms with Crippen LogP contribution in [0.2, 0.25) is 0 Å². The van der Waals surface area contributed by atoms with E-state index in [0.717, 1.165) is 19.6 Å². The lowest BCUT2D eigenvalue weighted by atomic mass is 10.0. The first-order chi connectivity index (χ1) is 9.17. The molecule has 1 aromatic rings. The minimum Gasteiger partial charge on any atom is -0.368 e. The molecule has 0 amide bonds. The highest BCUT2D eigenvalue weighted by Crippen LogP contribution is 2.27. The summed E-state index contributed by atoms with van der Waals surface area (Å²) in [6.07, 6.45) is 0. The maximum absolute atomic E-state index is 3.35. The van der Waals surface area contributed by atoms with Gasteiger partial charge in [-0.05, 0) is 39.1 Å². The Labute approximate surface area is 117 Å². The first-order valence-corrected chi connectivity index (χ1v) is 7.42. The number of para-hydroxylation sites is 1. The third-order valence-electron chi connectivity index (χ3n) is 4.35. The number of likely N-dealkylation sites (N-methyl/N-ethyl adjacent to an activating group) is 1. The van der Waals surface area contributed by atoms with E-state index in [0.29, 0.717) is 12.1 Å². The SMILES string of the molecule is CCN1CCN(c2ccccc2C(C)NC)CC1C. The highest BCUT2D eigenvalue weighted by atomic mass is 15.3. The Kier molecular flexibility index (Phi) is 4.83. The van der Waals surface area contributed by atoms with Gasteiger partial charge in [0.15, 0.2) is 0 Å². The van der Waals surface area contributed by atoms with Crippen molar-refractivity contribution in [2.24, 2.45) is 0 Å². The fraction of sp³-hybridized carbons (Fsp3) is 0.625. The molecule has 0 aromatic heterocycles. The Morgan fingerprint density at radius 1 is 1.32 bits per heavy atom. The summed E-state index contributed by atoms with van der Waals surface area (Å²) in [5.74, 6) is 0. The largest absolute Gasteiger partial charge is 0.368 e. The van der Waals surface area contributed by atoms with Gasteiger partial charge in [-0.25, -0.2) is 0 Å². The molecule has 1 N–H and O–H groups in total. The van der Waals surface area contributed by atoms with Gasteiger partial charge in [-0.2, -0.15) is 0 Å². The number of nitrogens with zero attached hydrogens (tertiary/aromatic N) is 2. The molecule has 2 unspecified atom stereocenters. The molecule has 2 rings (SSSR count). The molecule has 1 aliphatic heterocycles. The summed E-state index contributed by atoms with van der Waals surface area (Å²) >= 11 is 0. The second-order valence-corrected chi connectivity index (χ2v) is 5.49. The normalized spacial score (nSPS) is 22.5. The molecule has 0 aliphatic carbocycles. The molecule has 1 saturated heterocycles. The quantitative estimate of drug-likeness (QED) is 0.898. The third-order valence-corrected chi connectivity index (χ3v) is 4.35. The maximum atomic E-state index is 3.35. The van der Waals surface area contributed by atoms with Gasteiger partial charge in [0.25, 0.3) is 0 Å². The zero-order valence-corrected chi connectivity index (χ0v) is 12.7. The Morgan fingerprint density at radius 2 is 2.05 bits per heavy atom. The van der Waals surface area contributed by atoms with Gasteiger partial charge in [-0.3, -0.25) is 4.90 Å². The van der Waals surface area contributed by atoms with Crippen LogP contribution in [0.4, 0.5) is 5.69 Å². The van der Waals surface area contributed by atoms with Gasteiger partial charge in [-0.15, -0.1) is 0 Å². The Morgan fingerprint density at radius 3 is 2.68 bits per heavy atom. The number of hydrogen-bond donors (Lipinski definition) is 1. The van der Waals surface area contributed by atoms with Crippen LogP contribution in [-0.4, -0.2) is 44.2 Å². The molecule has 3 heteroatoms. The first kappa shape index (κ1) is 14.4. The van der Waals surface area contributed by atoms with E-state index in [1.165, 1.54) is 17.8 Å². The zero-order valence-electron chi connectivity index (χ0n) is 12.7. The van der Waals surface area contributed by atoms with E-state index in [-0.39, 0.29) is 0 Å². The van der Waals surface area contributed by atoms with Crippen molar-refractivity contribution in [3.8, 4) is 0 Å². The molecule has 3 nitrogen and oxygen atoms in total. The van der Waals surface area contributed by atoms with Crippen LogP contribution in [0.25, 0.3) is 0 Å². The van der Waals surface area contributed by atoms with Gasteiger partial charge >= 0.3 is 0 Å². The second-order valence-electron chi connectivity index (χ2n) is 5.49. The topological polar surface area (TPSA) is 18.5 Å². The van der Waals surface area contributed by atoms with Gasteiger partial charge in [0.2, 0.25) is 0 Å². The predicted molar refractivity (Wildman–Crippen MR) is 82.8 cm³/mol. The first-order valence-electron chi connectivity index (χ1n) is 7.42. The van der Waals surface area contributed by atoms with Crippen molar-refractivity contribution in [2.45, 2.75) is 32.9 Å². The van der Waals surface area contributed by atoms with Crippen LogP contribution < -0.4 is 10.2 Å². The highest BCUT2D eigenvalue weighted by molar-refractivity contribution is 5.55. The average Bonchev–Trinajstić information content (AvgIpc) is 2.46. The lowest BCUT2D eigenvalue weighted by Crippen LogP contribution is -2.52. The molecular formula is C16H27N3. The molecule has 19 heavy (non-hydrogen) atoms. The van der Waals surface area contributed by atoms with E-state index in [4.69, 9.17) is 0 Å². The zero-order chi connectivity index (χ0) is 13.8. The van der Waals surface area contributed by atoms with Crippen molar-refractivity contribution in [3.05, 3.63) is 29.8 Å². The minimum absolute atomic E-state index is 0.399. The Hall–Kier alpha value is -1.06. The van der Waals surface area contributed by atoms with Crippen LogP contribution in [0.5, 0.6) is 0 Å². The van der Waals surface area contributed by atoms with Gasteiger partial charge in [0, 0.05) is 37.4 Å². The molecular weight excluding hydrogens is 234 g/mol. The molecule has 1 aliphatic rings. The van der Waals surface area contributed by atoms with Gasteiger partial charge in [0.05, 0.1) is 0 Å². The lowest BCUT2D eigenvalue weighted by molar-refractivity contribution is 0.199. The summed E-state index contributed by atoms with van der Waals surface area (Å²) in [5.41, 5.74) is 2.80. The molecule has 0 bridgehead atoms. The summed E-state index contributed by atoms with van der Waals surface area (Å²) in [5, 5.41) is 3.35. The summed E-state index contributed by atoms with van der Waals surface area (Å²) in [6.45, 7) is 11.4. The van der Waals surface area contributed by atoms with Crippen molar-refractivity contribution in [3.63, 3.8) is 0 Å². The number of benzene rings is 1. The van der Waals surface area contributed by atoms with E-state index in [1.807, 2.05) is 7.05 Å². The van der Waals surface area contributed by atoms with E-state index in [1.54, 1.807) is 0 Å². The Bertz CT molecular complexity index is 405. The molecule has 0 radical (unpaired) electrons. The van der Waals surface area contributed by atoms with Gasteiger partial charge in [-0.1, -0.05) is 25.1 Å². The van der Waals surface area contributed by atoms with Crippen molar-refractivity contribution >= 4 is 5.69 Å². The van der Waals surface area contributed by atoms with Crippen molar-refractivity contribution in [1.29, 1.82) is 0 Å². The van der Waals surface area contributed by atoms with E-state index in [2.05, 4.69) is 60.2 Å². The van der Waals surface area contributed by atoms with E-state index in [9.17, 15) is 0 Å². The molecule has 106 valence electrons. The van der Waals surface area contributed by atoms with Crippen LogP contribution >= 0.6 is 0 Å². The minimum atomic E-state index is 0.399. The molecule has 1 fully saturated rings. The van der Waals surface area contributed by atoms with Crippen molar-refractivity contribution < 1.29 is 0 Å². The number of anilines is 1. The lowest BCUT2D eigenvalue weighted by Gasteiger charge is -2.41. The van der Waals surface area contributed by atoms with E-state index < -0.39 is 0 Å². The van der Waals surface area contributed by atoms with Crippen molar-refractivity contribution in [2.75, 3.05) is 38.1 Å². The molecule has 1 aromatic carbocycles. The molecule has 2 atom stereocenters. The van der Waals surface area contributed by atoms with Crippen LogP contribution in [-0.2, 0) is 0 Å². The predicted octanol–water partition coefficient (Wildman–Crippen LogP) is 2.50. The maximum Gasteiger partial charge on any atom is 0.0415 e. The van der Waals surface area contributed by atoms with Crippen LogP contribution in [0, 0.1) is 0 Å². The van der Waals surface area contributed by atoms with Gasteiger partial charge in [0.1, 0.15) is 0 Å². The summed E-state index contributed by atoms with van der Waals surface area (Å²) in [4.78, 5) is 5.10. The monoisotopic (exact) mass is 261 g/mol. The smallest absolute Gasteiger partial charge is 0.0415 e. The van der Waals surface area contributed by atoms with Crippen LogP contribution in [0.3, 0.4) is 0 Å². The summed E-state index contributed by atoms with van der Waals surface area (Å²) in [6, 6.07) is 9.83. The standard InChI is InChI=1S/C16H27N3/c1-5-18-10-11-19(12-13(18)2)16-9-7-6-8-15(16)14(3)17-4/h6-9,13-14,17H,5,10-12H2,1-4H3. The van der Waals surface area contributed by atoms with E-state index >= 15 is 0 Å². The molecule has 0 spiro atoms. The summed E-state index contributed by atoms with van der Waals surface area (Å²) < 4.78 is 0. The third kappa shape index (κ3) is 3.10. The van der Waals surface area contributed by atoms with Crippen LogP contribution in [0.1, 0.15) is 32.4 Å². The Balaban J connectivity index is 2.19. The summed E-state index contributed by atoms with van der Waals surface area (Å²) in [7, 11) is 2.03. The molecule has 0 saturated carbocycles. The average molecular weight is 261 g/mol. The fourth-order valence-corrected chi connectivity index (χ4v) is 2.98. The second kappa shape index (κ2) is 6.40. The van der Waals surface area contributed by atoms with Crippen molar-refractivity contribution in [1.82, 2.24) is 10.2 Å². The number of piperazine rings is 1. The number of rotatable bonds is 4. The number of nitrogens with one attached hydrogen (secondary N) is 1.